The predicted molar refractivity (Wildman–Crippen MR) is 87.7 cm³/mol. The Morgan fingerprint density at radius 3 is 2.00 bits per heavy atom. The number of hydrogen-bond donors (Lipinski definition) is 2. The molecule has 3 aromatic carbocycles. The van der Waals surface area contributed by atoms with Crippen LogP contribution in [0.2, 0.25) is 0 Å². The number of benzene rings is 3. The summed E-state index contributed by atoms with van der Waals surface area (Å²) >= 11 is 0. The van der Waals surface area contributed by atoms with Gasteiger partial charge >= 0.3 is 6.98 Å². The standard InChI is InChI=1S/C17H12BN3/c19-11-12-7-9-14(10-8-12)18-20-15-5-1-3-13-4-2-6-16(21-18)17(13)15/h1-10,20-21H. The lowest BCUT2D eigenvalue weighted by Gasteiger charge is -2.26. The first kappa shape index (κ1) is 11.9. The maximum Gasteiger partial charge on any atom is 0.406 e. The first-order valence-electron chi connectivity index (χ1n) is 6.90. The summed E-state index contributed by atoms with van der Waals surface area (Å²) in [7, 11) is 0. The SMILES string of the molecule is N#Cc1ccc(B2Nc3cccc4cccc(c34)N2)cc1. The van der Waals surface area contributed by atoms with Gasteiger partial charge in [0, 0.05) is 16.8 Å². The Kier molecular flexibility index (Phi) is 2.58. The number of nitrogens with zero attached hydrogens (tertiary/aromatic N) is 1. The molecular weight excluding hydrogens is 257 g/mol. The van der Waals surface area contributed by atoms with Crippen molar-refractivity contribution in [2.24, 2.45) is 0 Å². The molecule has 0 atom stereocenters. The Bertz CT molecular complexity index is 825. The van der Waals surface area contributed by atoms with Crippen LogP contribution in [0.25, 0.3) is 10.8 Å². The van der Waals surface area contributed by atoms with Crippen LogP contribution >= 0.6 is 0 Å². The van der Waals surface area contributed by atoms with Gasteiger partial charge in [-0.2, -0.15) is 5.26 Å². The highest BCUT2D eigenvalue weighted by molar-refractivity contribution is 6.80. The van der Waals surface area contributed by atoms with E-state index in [1.165, 1.54) is 10.8 Å². The van der Waals surface area contributed by atoms with Crippen LogP contribution in [-0.2, 0) is 0 Å². The fourth-order valence-corrected chi connectivity index (χ4v) is 2.85. The molecule has 3 nitrogen and oxygen atoms in total. The highest BCUT2D eigenvalue weighted by Crippen LogP contribution is 2.33. The number of nitrogens with one attached hydrogen (secondary N) is 2. The van der Waals surface area contributed by atoms with E-state index < -0.39 is 0 Å². The predicted octanol–water partition coefficient (Wildman–Crippen LogP) is 2.94. The third kappa shape index (κ3) is 1.91. The highest BCUT2D eigenvalue weighted by Gasteiger charge is 2.24. The molecular formula is C17H12BN3. The van der Waals surface area contributed by atoms with Gasteiger partial charge in [-0.3, -0.25) is 0 Å². The normalized spacial score (nSPS) is 12.4. The van der Waals surface area contributed by atoms with Crippen molar-refractivity contribution >= 4 is 34.6 Å². The van der Waals surface area contributed by atoms with Crippen molar-refractivity contribution in [1.29, 1.82) is 5.26 Å². The first-order valence-corrected chi connectivity index (χ1v) is 6.90. The minimum absolute atomic E-state index is 0.0123. The van der Waals surface area contributed by atoms with Crippen molar-refractivity contribution < 1.29 is 0 Å². The minimum atomic E-state index is 0.0123. The number of anilines is 2. The van der Waals surface area contributed by atoms with Gasteiger partial charge in [0.2, 0.25) is 0 Å². The molecule has 0 aromatic heterocycles. The van der Waals surface area contributed by atoms with E-state index in [9.17, 15) is 0 Å². The lowest BCUT2D eigenvalue weighted by Crippen LogP contribution is -2.47. The van der Waals surface area contributed by atoms with Crippen LogP contribution in [-0.4, -0.2) is 6.98 Å². The van der Waals surface area contributed by atoms with Crippen molar-refractivity contribution in [3.63, 3.8) is 0 Å². The maximum atomic E-state index is 8.89. The van der Waals surface area contributed by atoms with Crippen molar-refractivity contribution in [3.05, 3.63) is 66.2 Å². The fraction of sp³-hybridized carbons (Fsp3) is 0. The molecule has 1 aliphatic rings. The maximum absolute atomic E-state index is 8.89. The summed E-state index contributed by atoms with van der Waals surface area (Å²) in [6.07, 6.45) is 0. The van der Waals surface area contributed by atoms with Gasteiger partial charge < -0.3 is 10.5 Å². The zero-order chi connectivity index (χ0) is 14.2. The van der Waals surface area contributed by atoms with Gasteiger partial charge in [0.05, 0.1) is 11.6 Å². The van der Waals surface area contributed by atoms with Crippen LogP contribution in [0.4, 0.5) is 11.4 Å². The van der Waals surface area contributed by atoms with E-state index in [1.807, 2.05) is 24.3 Å². The molecule has 98 valence electrons. The van der Waals surface area contributed by atoms with Crippen molar-refractivity contribution in [2.45, 2.75) is 0 Å². The number of nitriles is 1. The molecule has 1 heterocycles. The van der Waals surface area contributed by atoms with Crippen molar-refractivity contribution in [2.75, 3.05) is 10.5 Å². The summed E-state index contributed by atoms with van der Waals surface area (Å²) in [6.45, 7) is 0.0123. The molecule has 0 saturated carbocycles. The Morgan fingerprint density at radius 1 is 0.810 bits per heavy atom. The molecule has 4 rings (SSSR count). The first-order chi connectivity index (χ1) is 10.3. The van der Waals surface area contributed by atoms with Crippen LogP contribution in [0.15, 0.2) is 60.7 Å². The molecule has 0 unspecified atom stereocenters. The van der Waals surface area contributed by atoms with Gasteiger partial charge in [-0.05, 0) is 35.1 Å². The zero-order valence-corrected chi connectivity index (χ0v) is 11.3. The van der Waals surface area contributed by atoms with E-state index in [2.05, 4.69) is 52.9 Å². The van der Waals surface area contributed by atoms with Gasteiger partial charge in [-0.15, -0.1) is 0 Å². The number of rotatable bonds is 1. The summed E-state index contributed by atoms with van der Waals surface area (Å²) in [5.74, 6) is 0. The van der Waals surface area contributed by atoms with E-state index in [-0.39, 0.29) is 6.98 Å². The molecule has 0 amide bonds. The molecule has 2 N–H and O–H groups in total. The second-order valence-electron chi connectivity index (χ2n) is 5.16. The Labute approximate surface area is 123 Å². The second-order valence-corrected chi connectivity index (χ2v) is 5.16. The van der Waals surface area contributed by atoms with E-state index in [1.54, 1.807) is 0 Å². The lowest BCUT2D eigenvalue weighted by atomic mass is 9.66. The molecule has 0 saturated heterocycles. The van der Waals surface area contributed by atoms with Gasteiger partial charge in [0.25, 0.3) is 0 Å². The Balaban J connectivity index is 1.77. The smallest absolute Gasteiger partial charge is 0.405 e. The van der Waals surface area contributed by atoms with Crippen LogP contribution in [0.1, 0.15) is 5.56 Å². The van der Waals surface area contributed by atoms with Crippen molar-refractivity contribution in [3.8, 4) is 6.07 Å². The Morgan fingerprint density at radius 2 is 1.43 bits per heavy atom. The van der Waals surface area contributed by atoms with E-state index >= 15 is 0 Å². The average Bonchev–Trinajstić information content (AvgIpc) is 2.55. The Hall–Kier alpha value is -2.93. The van der Waals surface area contributed by atoms with Gasteiger partial charge in [-0.1, -0.05) is 36.4 Å². The highest BCUT2D eigenvalue weighted by atomic mass is 15.0. The minimum Gasteiger partial charge on any atom is -0.405 e. The molecule has 3 aromatic rings. The molecule has 0 spiro atoms. The topological polar surface area (TPSA) is 47.9 Å². The molecule has 0 radical (unpaired) electrons. The molecule has 0 fully saturated rings. The molecule has 1 aliphatic heterocycles. The van der Waals surface area contributed by atoms with Gasteiger partial charge in [0.15, 0.2) is 0 Å². The van der Waals surface area contributed by atoms with Gasteiger partial charge in [-0.25, -0.2) is 0 Å². The molecule has 21 heavy (non-hydrogen) atoms. The summed E-state index contributed by atoms with van der Waals surface area (Å²) in [5.41, 5.74) is 4.06. The monoisotopic (exact) mass is 269 g/mol. The second kappa shape index (κ2) is 4.57. The number of hydrogen-bond acceptors (Lipinski definition) is 3. The molecule has 4 heteroatoms. The van der Waals surface area contributed by atoms with E-state index in [4.69, 9.17) is 5.26 Å². The van der Waals surface area contributed by atoms with Crippen LogP contribution in [0.5, 0.6) is 0 Å². The molecule has 0 aliphatic carbocycles. The van der Waals surface area contributed by atoms with E-state index in [0.29, 0.717) is 5.56 Å². The average molecular weight is 269 g/mol. The largest absolute Gasteiger partial charge is 0.406 e. The van der Waals surface area contributed by atoms with E-state index in [0.717, 1.165) is 16.8 Å². The molecule has 0 bridgehead atoms. The van der Waals surface area contributed by atoms with Gasteiger partial charge in [0.1, 0.15) is 0 Å². The summed E-state index contributed by atoms with van der Waals surface area (Å²) in [4.78, 5) is 0. The summed E-state index contributed by atoms with van der Waals surface area (Å²) in [6, 6.07) is 22.4. The van der Waals surface area contributed by atoms with Crippen LogP contribution < -0.4 is 15.9 Å². The third-order valence-corrected chi connectivity index (χ3v) is 3.88. The summed E-state index contributed by atoms with van der Waals surface area (Å²) < 4.78 is 0. The quantitative estimate of drug-likeness (QED) is 0.668. The third-order valence-electron chi connectivity index (χ3n) is 3.88. The van der Waals surface area contributed by atoms with Crippen LogP contribution in [0.3, 0.4) is 0 Å². The van der Waals surface area contributed by atoms with Crippen molar-refractivity contribution in [1.82, 2.24) is 0 Å². The lowest BCUT2D eigenvalue weighted by molar-refractivity contribution is 1.49. The zero-order valence-electron chi connectivity index (χ0n) is 11.3. The fourth-order valence-electron chi connectivity index (χ4n) is 2.85. The summed E-state index contributed by atoms with van der Waals surface area (Å²) in [5, 5.41) is 18.4. The van der Waals surface area contributed by atoms with Crippen LogP contribution in [0, 0.1) is 11.3 Å².